The summed E-state index contributed by atoms with van der Waals surface area (Å²) in [6.07, 6.45) is 12.1. The third-order valence-electron chi connectivity index (χ3n) is 4.29. The van der Waals surface area contributed by atoms with Crippen molar-refractivity contribution in [3.63, 3.8) is 0 Å². The first-order chi connectivity index (χ1) is 8.33. The van der Waals surface area contributed by atoms with Gasteiger partial charge in [0.1, 0.15) is 0 Å². The van der Waals surface area contributed by atoms with Crippen LogP contribution < -0.4 is 0 Å². The molecule has 3 nitrogen and oxygen atoms in total. The minimum atomic E-state index is 0.738. The Labute approximate surface area is 108 Å². The summed E-state index contributed by atoms with van der Waals surface area (Å²) < 4.78 is 1.97. The van der Waals surface area contributed by atoms with Crippen LogP contribution in [-0.4, -0.2) is 27.3 Å². The van der Waals surface area contributed by atoms with E-state index in [0.717, 1.165) is 23.7 Å². The molecule has 1 saturated heterocycles. The normalized spacial score (nSPS) is 27.0. The van der Waals surface area contributed by atoms with Gasteiger partial charge in [-0.2, -0.15) is 5.10 Å². The molecular weight excluding hydrogens is 234 g/mol. The SMILES string of the molecule is Clc1cnn(CN2CCCC2C2CCCC2)c1. The van der Waals surface area contributed by atoms with Gasteiger partial charge in [0, 0.05) is 18.8 Å². The monoisotopic (exact) mass is 253 g/mol. The quantitative estimate of drug-likeness (QED) is 0.825. The lowest BCUT2D eigenvalue weighted by atomic mass is 9.96. The lowest BCUT2D eigenvalue weighted by Gasteiger charge is -2.29. The highest BCUT2D eigenvalue weighted by atomic mass is 35.5. The van der Waals surface area contributed by atoms with Crippen molar-refractivity contribution >= 4 is 11.6 Å². The van der Waals surface area contributed by atoms with Crippen molar-refractivity contribution in [2.45, 2.75) is 51.2 Å². The highest BCUT2D eigenvalue weighted by molar-refractivity contribution is 6.30. The van der Waals surface area contributed by atoms with Gasteiger partial charge in [-0.25, -0.2) is 0 Å². The topological polar surface area (TPSA) is 21.1 Å². The molecule has 0 amide bonds. The van der Waals surface area contributed by atoms with Crippen LogP contribution in [0, 0.1) is 5.92 Å². The highest BCUT2D eigenvalue weighted by Gasteiger charge is 2.33. The van der Waals surface area contributed by atoms with E-state index >= 15 is 0 Å². The van der Waals surface area contributed by atoms with Gasteiger partial charge in [-0.3, -0.25) is 9.58 Å². The summed E-state index contributed by atoms with van der Waals surface area (Å²) in [5.74, 6) is 0.934. The van der Waals surface area contributed by atoms with Crippen molar-refractivity contribution < 1.29 is 0 Å². The van der Waals surface area contributed by atoms with E-state index < -0.39 is 0 Å². The molecule has 1 saturated carbocycles. The molecule has 1 aromatic heterocycles. The lowest BCUT2D eigenvalue weighted by Crippen LogP contribution is -2.36. The van der Waals surface area contributed by atoms with Gasteiger partial charge in [-0.15, -0.1) is 0 Å². The molecule has 3 rings (SSSR count). The van der Waals surface area contributed by atoms with Gasteiger partial charge in [0.05, 0.1) is 17.9 Å². The van der Waals surface area contributed by atoms with Gasteiger partial charge >= 0.3 is 0 Å². The summed E-state index contributed by atoms with van der Waals surface area (Å²) >= 11 is 5.91. The van der Waals surface area contributed by atoms with E-state index in [1.165, 1.54) is 45.1 Å². The molecule has 0 N–H and O–H groups in total. The molecule has 0 bridgehead atoms. The van der Waals surface area contributed by atoms with Crippen molar-refractivity contribution in [3.05, 3.63) is 17.4 Å². The first-order valence-electron chi connectivity index (χ1n) is 6.75. The molecule has 1 unspecified atom stereocenters. The first kappa shape index (κ1) is 11.5. The molecule has 4 heteroatoms. The number of rotatable bonds is 3. The Balaban J connectivity index is 1.65. The van der Waals surface area contributed by atoms with Gasteiger partial charge in [0.2, 0.25) is 0 Å². The number of halogens is 1. The maximum Gasteiger partial charge on any atom is 0.0931 e. The van der Waals surface area contributed by atoms with Crippen LogP contribution in [0.4, 0.5) is 0 Å². The molecule has 17 heavy (non-hydrogen) atoms. The van der Waals surface area contributed by atoms with Crippen LogP contribution in [0.25, 0.3) is 0 Å². The maximum absolute atomic E-state index is 5.91. The van der Waals surface area contributed by atoms with Gasteiger partial charge in [0.25, 0.3) is 0 Å². The highest BCUT2D eigenvalue weighted by Crippen LogP contribution is 2.35. The van der Waals surface area contributed by atoms with Crippen LogP contribution in [0.15, 0.2) is 12.4 Å². The molecule has 1 atom stereocenters. The Kier molecular flexibility index (Phi) is 3.39. The Morgan fingerprint density at radius 3 is 2.76 bits per heavy atom. The molecule has 1 aromatic rings. The summed E-state index contributed by atoms with van der Waals surface area (Å²) in [5.41, 5.74) is 0. The van der Waals surface area contributed by atoms with E-state index in [2.05, 4.69) is 10.00 Å². The Morgan fingerprint density at radius 2 is 2.06 bits per heavy atom. The zero-order valence-electron chi connectivity index (χ0n) is 10.2. The number of nitrogens with zero attached hydrogens (tertiary/aromatic N) is 3. The zero-order chi connectivity index (χ0) is 11.7. The van der Waals surface area contributed by atoms with Gasteiger partial charge < -0.3 is 0 Å². The average Bonchev–Trinajstić information content (AvgIpc) is 3.00. The van der Waals surface area contributed by atoms with Crippen LogP contribution in [0.2, 0.25) is 5.02 Å². The predicted molar refractivity (Wildman–Crippen MR) is 68.9 cm³/mol. The largest absolute Gasteiger partial charge is 0.281 e. The van der Waals surface area contributed by atoms with E-state index in [1.54, 1.807) is 6.20 Å². The van der Waals surface area contributed by atoms with E-state index in [1.807, 2.05) is 10.9 Å². The van der Waals surface area contributed by atoms with Gasteiger partial charge in [0.15, 0.2) is 0 Å². The fourth-order valence-corrected chi connectivity index (χ4v) is 3.66. The third-order valence-corrected chi connectivity index (χ3v) is 4.48. The fraction of sp³-hybridized carbons (Fsp3) is 0.769. The maximum atomic E-state index is 5.91. The first-order valence-corrected chi connectivity index (χ1v) is 7.13. The minimum Gasteiger partial charge on any atom is -0.281 e. The molecule has 0 spiro atoms. The average molecular weight is 254 g/mol. The van der Waals surface area contributed by atoms with Crippen LogP contribution >= 0.6 is 11.6 Å². The third kappa shape index (κ3) is 2.50. The molecule has 0 aromatic carbocycles. The smallest absolute Gasteiger partial charge is 0.0931 e. The van der Waals surface area contributed by atoms with Crippen LogP contribution in [0.1, 0.15) is 38.5 Å². The summed E-state index contributed by atoms with van der Waals surface area (Å²) in [4.78, 5) is 2.60. The number of hydrogen-bond acceptors (Lipinski definition) is 2. The molecule has 1 aliphatic heterocycles. The standard InChI is InChI=1S/C13H20ClN3/c14-12-8-15-17(9-12)10-16-7-3-6-13(16)11-4-1-2-5-11/h8-9,11,13H,1-7,10H2. The summed E-state index contributed by atoms with van der Waals surface area (Å²) in [7, 11) is 0. The van der Waals surface area contributed by atoms with Gasteiger partial charge in [-0.05, 0) is 31.6 Å². The van der Waals surface area contributed by atoms with E-state index in [4.69, 9.17) is 11.6 Å². The van der Waals surface area contributed by atoms with E-state index in [-0.39, 0.29) is 0 Å². The zero-order valence-corrected chi connectivity index (χ0v) is 10.9. The van der Waals surface area contributed by atoms with Gasteiger partial charge in [-0.1, -0.05) is 24.4 Å². The predicted octanol–water partition coefficient (Wildman–Crippen LogP) is 3.15. The Morgan fingerprint density at radius 1 is 1.24 bits per heavy atom. The molecule has 2 heterocycles. The van der Waals surface area contributed by atoms with Crippen molar-refractivity contribution in [1.29, 1.82) is 0 Å². The van der Waals surface area contributed by atoms with Crippen molar-refractivity contribution in [2.24, 2.45) is 5.92 Å². The van der Waals surface area contributed by atoms with Crippen LogP contribution in [0.5, 0.6) is 0 Å². The fourth-order valence-electron chi connectivity index (χ4n) is 3.51. The second kappa shape index (κ2) is 4.99. The van der Waals surface area contributed by atoms with E-state index in [0.29, 0.717) is 0 Å². The minimum absolute atomic E-state index is 0.738. The molecule has 2 fully saturated rings. The molecule has 94 valence electrons. The van der Waals surface area contributed by atoms with Crippen LogP contribution in [-0.2, 0) is 6.67 Å². The van der Waals surface area contributed by atoms with Crippen molar-refractivity contribution in [1.82, 2.24) is 14.7 Å². The second-order valence-corrected chi connectivity index (χ2v) is 5.84. The molecule has 2 aliphatic rings. The number of hydrogen-bond donors (Lipinski definition) is 0. The summed E-state index contributed by atoms with van der Waals surface area (Å²) in [6, 6.07) is 0.792. The van der Waals surface area contributed by atoms with Crippen molar-refractivity contribution in [3.8, 4) is 0 Å². The number of aromatic nitrogens is 2. The number of likely N-dealkylation sites (tertiary alicyclic amines) is 1. The summed E-state index contributed by atoms with van der Waals surface area (Å²) in [6.45, 7) is 2.13. The lowest BCUT2D eigenvalue weighted by molar-refractivity contribution is 0.144. The molecular formula is C13H20ClN3. The molecule has 1 aliphatic carbocycles. The summed E-state index contributed by atoms with van der Waals surface area (Å²) in [5, 5.41) is 5.02. The Bertz CT molecular complexity index is 370. The van der Waals surface area contributed by atoms with Crippen molar-refractivity contribution in [2.75, 3.05) is 6.54 Å². The molecule has 0 radical (unpaired) electrons. The van der Waals surface area contributed by atoms with Crippen LogP contribution in [0.3, 0.4) is 0 Å². The second-order valence-electron chi connectivity index (χ2n) is 5.41. The van der Waals surface area contributed by atoms with E-state index in [9.17, 15) is 0 Å². The Hall–Kier alpha value is -0.540.